The molecule has 7 heteroatoms. The molecule has 3 fully saturated rings. The van der Waals surface area contributed by atoms with Crippen LogP contribution in [-0.2, 0) is 19.0 Å². The number of hydrogen-bond donors (Lipinski definition) is 2. The van der Waals surface area contributed by atoms with Crippen molar-refractivity contribution in [3.8, 4) is 0 Å². The van der Waals surface area contributed by atoms with Crippen LogP contribution in [0.1, 0.15) is 66.7 Å². The number of methoxy groups -OCH3 is 1. The van der Waals surface area contributed by atoms with Crippen molar-refractivity contribution in [2.24, 2.45) is 23.2 Å². The number of likely N-dealkylation sites (N-methyl/N-ethyl adjacent to an activating group) is 1. The molecule has 1 spiro atoms. The summed E-state index contributed by atoms with van der Waals surface area (Å²) in [6.07, 6.45) is 6.15. The van der Waals surface area contributed by atoms with Gasteiger partial charge in [0, 0.05) is 20.1 Å². The highest BCUT2D eigenvalue weighted by Crippen LogP contribution is 2.63. The maximum Gasteiger partial charge on any atom is 0.408 e. The first-order valence-electron chi connectivity index (χ1n) is 12.1. The van der Waals surface area contributed by atoms with Crippen LogP contribution in [0.5, 0.6) is 0 Å². The summed E-state index contributed by atoms with van der Waals surface area (Å²) in [5.74, 6) is 0.479. The third-order valence-corrected chi connectivity index (χ3v) is 8.11. The summed E-state index contributed by atoms with van der Waals surface area (Å²) >= 11 is 0. The summed E-state index contributed by atoms with van der Waals surface area (Å²) in [6, 6.07) is -0.636. The Morgan fingerprint density at radius 2 is 1.91 bits per heavy atom. The molecule has 3 aliphatic rings. The molecule has 2 amide bonds. The number of ether oxygens (including phenoxy) is 3. The van der Waals surface area contributed by atoms with Gasteiger partial charge < -0.3 is 24.8 Å². The molecule has 2 aliphatic carbocycles. The van der Waals surface area contributed by atoms with E-state index in [1.165, 1.54) is 12.0 Å². The molecule has 0 radical (unpaired) electrons. The summed E-state index contributed by atoms with van der Waals surface area (Å²) in [6.45, 7) is 11.2. The van der Waals surface area contributed by atoms with Gasteiger partial charge in [0.15, 0.2) is 0 Å². The maximum atomic E-state index is 12.8. The van der Waals surface area contributed by atoms with Crippen molar-refractivity contribution in [2.75, 3.05) is 20.8 Å². The quantitative estimate of drug-likeness (QED) is 0.433. The fourth-order valence-corrected chi connectivity index (χ4v) is 5.99. The van der Waals surface area contributed by atoms with Crippen molar-refractivity contribution < 1.29 is 23.8 Å². The zero-order chi connectivity index (χ0) is 23.7. The molecule has 0 aromatic rings. The first-order valence-corrected chi connectivity index (χ1v) is 12.1. The summed E-state index contributed by atoms with van der Waals surface area (Å²) in [4.78, 5) is 24.9. The molecule has 2 N–H and O–H groups in total. The van der Waals surface area contributed by atoms with Gasteiger partial charge in [-0.15, -0.1) is 0 Å². The minimum atomic E-state index is -0.636. The summed E-state index contributed by atoms with van der Waals surface area (Å²) < 4.78 is 18.0. The molecule has 0 aromatic heterocycles. The second-order valence-corrected chi connectivity index (χ2v) is 10.8. The van der Waals surface area contributed by atoms with Crippen molar-refractivity contribution in [3.05, 3.63) is 11.6 Å². The molecule has 2 saturated carbocycles. The number of allylic oxidation sites excluding steroid dienone is 2. The Labute approximate surface area is 193 Å². The van der Waals surface area contributed by atoms with Crippen LogP contribution in [0.4, 0.5) is 4.79 Å². The van der Waals surface area contributed by atoms with Crippen LogP contribution in [0.25, 0.3) is 0 Å². The highest BCUT2D eigenvalue weighted by atomic mass is 16.6. The van der Waals surface area contributed by atoms with Crippen LogP contribution < -0.4 is 10.6 Å². The molecule has 7 nitrogen and oxygen atoms in total. The number of carbonyl (C=O) groups excluding carboxylic acids is 2. The van der Waals surface area contributed by atoms with E-state index in [-0.39, 0.29) is 41.0 Å². The predicted molar refractivity (Wildman–Crippen MR) is 123 cm³/mol. The van der Waals surface area contributed by atoms with Crippen LogP contribution in [0.2, 0.25) is 0 Å². The Balaban J connectivity index is 1.75. The number of rotatable bonds is 8. The molecular formula is C25H42N2O5. The molecule has 182 valence electrons. The van der Waals surface area contributed by atoms with E-state index in [1.807, 2.05) is 13.8 Å². The van der Waals surface area contributed by atoms with E-state index in [4.69, 9.17) is 14.2 Å². The van der Waals surface area contributed by atoms with E-state index in [0.29, 0.717) is 12.3 Å². The van der Waals surface area contributed by atoms with Crippen molar-refractivity contribution in [3.63, 3.8) is 0 Å². The first kappa shape index (κ1) is 25.0. The normalized spacial score (nSPS) is 36.8. The zero-order valence-corrected chi connectivity index (χ0v) is 20.8. The lowest BCUT2D eigenvalue weighted by molar-refractivity contribution is -0.171. The van der Waals surface area contributed by atoms with Gasteiger partial charge in [-0.25, -0.2) is 4.79 Å². The molecule has 1 heterocycles. The van der Waals surface area contributed by atoms with Crippen molar-refractivity contribution >= 4 is 12.0 Å². The van der Waals surface area contributed by atoms with E-state index < -0.39 is 12.1 Å². The van der Waals surface area contributed by atoms with Crippen molar-refractivity contribution in [1.82, 2.24) is 10.6 Å². The summed E-state index contributed by atoms with van der Waals surface area (Å²) in [5, 5.41) is 5.36. The van der Waals surface area contributed by atoms with Crippen LogP contribution in [-0.4, -0.2) is 56.6 Å². The Morgan fingerprint density at radius 3 is 2.38 bits per heavy atom. The highest BCUT2D eigenvalue weighted by Gasteiger charge is 2.67. The van der Waals surface area contributed by atoms with Gasteiger partial charge >= 0.3 is 6.09 Å². The molecule has 0 aromatic carbocycles. The third kappa shape index (κ3) is 4.84. The average Bonchev–Trinajstić information content (AvgIpc) is 3.50. The second-order valence-electron chi connectivity index (χ2n) is 10.8. The van der Waals surface area contributed by atoms with Gasteiger partial charge in [0.05, 0.1) is 12.2 Å². The Bertz CT molecular complexity index is 728. The summed E-state index contributed by atoms with van der Waals surface area (Å²) in [5.41, 5.74) is 1.28. The average molecular weight is 451 g/mol. The molecule has 7 atom stereocenters. The smallest absolute Gasteiger partial charge is 0.408 e. The van der Waals surface area contributed by atoms with Gasteiger partial charge in [-0.2, -0.15) is 0 Å². The van der Waals surface area contributed by atoms with Gasteiger partial charge in [0.25, 0.3) is 0 Å². The minimum Gasteiger partial charge on any atom is -0.443 e. The van der Waals surface area contributed by atoms with E-state index in [2.05, 4.69) is 37.5 Å². The lowest BCUT2D eigenvalue weighted by atomic mass is 9.48. The van der Waals surface area contributed by atoms with Gasteiger partial charge in [-0.05, 0) is 63.2 Å². The number of nitrogens with one attached hydrogen (secondary N) is 2. The fourth-order valence-electron chi connectivity index (χ4n) is 5.99. The van der Waals surface area contributed by atoms with Crippen LogP contribution in [0, 0.1) is 23.2 Å². The highest BCUT2D eigenvalue weighted by molar-refractivity contribution is 5.85. The molecular weight excluding hydrogens is 408 g/mol. The first-order chi connectivity index (χ1) is 15.1. The van der Waals surface area contributed by atoms with Crippen molar-refractivity contribution in [1.29, 1.82) is 0 Å². The van der Waals surface area contributed by atoms with Crippen LogP contribution in [0.3, 0.4) is 0 Å². The van der Waals surface area contributed by atoms with Gasteiger partial charge in [0.2, 0.25) is 5.91 Å². The predicted octanol–water partition coefficient (Wildman–Crippen LogP) is 3.82. The fraction of sp³-hybridized carbons (Fsp3) is 0.840. The number of hydrogen-bond acceptors (Lipinski definition) is 5. The molecule has 1 aliphatic heterocycles. The van der Waals surface area contributed by atoms with E-state index >= 15 is 0 Å². The maximum absolute atomic E-state index is 12.8. The Hall–Kier alpha value is -1.60. The molecule has 0 bridgehead atoms. The van der Waals surface area contributed by atoms with Gasteiger partial charge in [-0.3, -0.25) is 4.79 Å². The minimum absolute atomic E-state index is 0.0484. The van der Waals surface area contributed by atoms with Gasteiger partial charge in [-0.1, -0.05) is 32.4 Å². The zero-order valence-electron chi connectivity index (χ0n) is 20.8. The molecule has 2 unspecified atom stereocenters. The lowest BCUT2D eigenvalue weighted by Crippen LogP contribution is -2.61. The lowest BCUT2D eigenvalue weighted by Gasteiger charge is -2.58. The van der Waals surface area contributed by atoms with Crippen molar-refractivity contribution in [2.45, 2.75) is 90.6 Å². The SMILES string of the molecule is CNC(=O)C(NC(=O)O[C@@H]1CCC2(CO2)[C@@H]([C@@]2(C)CC[C@@H]2CC=C(C)C)[C@@H]1OC)C(C)C. The number of carbonyl (C=O) groups is 2. The summed E-state index contributed by atoms with van der Waals surface area (Å²) in [7, 11) is 3.28. The van der Waals surface area contributed by atoms with E-state index in [1.54, 1.807) is 14.2 Å². The second kappa shape index (κ2) is 9.72. The van der Waals surface area contributed by atoms with Gasteiger partial charge in [0.1, 0.15) is 18.2 Å². The van der Waals surface area contributed by atoms with Crippen LogP contribution >= 0.6 is 0 Å². The standard InChI is InChI=1S/C25H42N2O5/c1-15(2)8-9-17-10-12-24(17,5)21-20(30-7)18(11-13-25(21)14-31-25)32-23(29)27-19(16(3)4)22(28)26-6/h8,16-21H,9-14H2,1-7H3,(H,26,28)(H,27,29)/t17-,18+,19?,20+,21+,24-,25?/m0/s1. The Morgan fingerprint density at radius 1 is 1.22 bits per heavy atom. The molecule has 3 rings (SSSR count). The van der Waals surface area contributed by atoms with E-state index in [9.17, 15) is 9.59 Å². The largest absolute Gasteiger partial charge is 0.443 e. The molecule has 1 saturated heterocycles. The number of amides is 2. The topological polar surface area (TPSA) is 89.2 Å². The number of epoxide rings is 1. The van der Waals surface area contributed by atoms with E-state index in [0.717, 1.165) is 25.9 Å². The Kier molecular flexibility index (Phi) is 7.60. The number of alkyl carbamates (subject to hydrolysis) is 1. The van der Waals surface area contributed by atoms with Crippen LogP contribution in [0.15, 0.2) is 11.6 Å². The monoisotopic (exact) mass is 450 g/mol. The molecule has 32 heavy (non-hydrogen) atoms. The third-order valence-electron chi connectivity index (χ3n) is 8.11.